The monoisotopic (exact) mass is 699 g/mol. The number of carbonyl (C=O) groups is 5. The van der Waals surface area contributed by atoms with Crippen LogP contribution in [0.4, 0.5) is 4.79 Å². The third-order valence-corrected chi connectivity index (χ3v) is 9.57. The first-order chi connectivity index (χ1) is 21.9. The molecule has 0 saturated carbocycles. The molecular weight excluding hydrogens is 649 g/mol. The molecule has 2 unspecified atom stereocenters. The largest absolute Gasteiger partial charge is 0.464 e. The number of hydrogen-bond acceptors (Lipinski definition) is 11. The molecule has 2 N–H and O–H groups in total. The number of hydrogen-bond donors (Lipinski definition) is 2. The molecule has 1 amide bonds. The van der Waals surface area contributed by atoms with E-state index >= 15 is 0 Å². The van der Waals surface area contributed by atoms with E-state index in [2.05, 4.69) is 0 Å². The number of esters is 4. The third kappa shape index (κ3) is 11.0. The number of ether oxygens (including phenoxy) is 5. The Morgan fingerprint density at radius 1 is 0.750 bits per heavy atom. The average Bonchev–Trinajstić information content (AvgIpc) is 2.97. The maximum absolute atomic E-state index is 13.5. The summed E-state index contributed by atoms with van der Waals surface area (Å²) in [6.45, 7) is 11.4. The summed E-state index contributed by atoms with van der Waals surface area (Å²) >= 11 is 0. The number of rotatable bonds is 11. The van der Waals surface area contributed by atoms with Gasteiger partial charge in [0.1, 0.15) is 31.0 Å². The van der Waals surface area contributed by atoms with Gasteiger partial charge >= 0.3 is 37.6 Å². The number of nitrogens with zero attached hydrogens (tertiary/aromatic N) is 1. The Labute approximate surface area is 281 Å². The van der Waals surface area contributed by atoms with Crippen LogP contribution in [0.15, 0.2) is 30.3 Å². The fraction of sp³-hybridized carbons (Fsp3) is 0.667. The van der Waals surface area contributed by atoms with Crippen molar-refractivity contribution < 1.29 is 62.0 Å². The average molecular weight is 700 g/mol. The second kappa shape index (κ2) is 15.8. The molecule has 0 radical (unpaired) electrons. The second-order valence-electron chi connectivity index (χ2n) is 15.0. The fourth-order valence-electron chi connectivity index (χ4n) is 4.65. The molecule has 270 valence electrons. The molecule has 0 aromatic heterocycles. The van der Waals surface area contributed by atoms with E-state index in [9.17, 15) is 38.3 Å². The lowest BCUT2D eigenvalue weighted by atomic mass is 9.80. The van der Waals surface area contributed by atoms with Crippen LogP contribution in [-0.4, -0.2) is 82.4 Å². The zero-order chi connectivity index (χ0) is 36.7. The number of likely N-dealkylation sites (tertiary alicyclic amines) is 1. The Morgan fingerprint density at radius 3 is 1.69 bits per heavy atom. The number of carbonyl (C=O) groups excluding carboxylic acids is 5. The second-order valence-corrected chi connectivity index (χ2v) is 17.0. The highest BCUT2D eigenvalue weighted by atomic mass is 31.2. The molecule has 15 heteroatoms. The van der Waals surface area contributed by atoms with Crippen LogP contribution in [0.3, 0.4) is 0 Å². The minimum Gasteiger partial charge on any atom is -0.464 e. The summed E-state index contributed by atoms with van der Waals surface area (Å²) in [5.41, 5.74) is -2.29. The molecule has 0 aliphatic carbocycles. The van der Waals surface area contributed by atoms with Crippen molar-refractivity contribution in [2.45, 2.75) is 93.0 Å². The fourth-order valence-corrected chi connectivity index (χ4v) is 5.82. The number of amides is 1. The van der Waals surface area contributed by atoms with E-state index < -0.39 is 97.4 Å². The Kier molecular flexibility index (Phi) is 13.4. The zero-order valence-corrected chi connectivity index (χ0v) is 30.2. The van der Waals surface area contributed by atoms with Gasteiger partial charge < -0.3 is 33.5 Å². The summed E-state index contributed by atoms with van der Waals surface area (Å²) in [6, 6.07) is 7.31. The highest BCUT2D eigenvalue weighted by Crippen LogP contribution is 2.58. The minimum atomic E-state index is -5.31. The van der Waals surface area contributed by atoms with Gasteiger partial charge in [0, 0.05) is 6.54 Å². The predicted octanol–water partition coefficient (Wildman–Crippen LogP) is 4.59. The van der Waals surface area contributed by atoms with Gasteiger partial charge in [-0.3, -0.25) is 23.8 Å². The SMILES string of the molecule is CC(C)(C)C(=O)OCOC(=O)C1CC(C(COC(=O)C(C)(C)C)(COC(=O)C(C)(C)C)P(=O)(O)O)CCN1C(=O)OCc1ccccc1. The van der Waals surface area contributed by atoms with Gasteiger partial charge in [-0.15, -0.1) is 0 Å². The zero-order valence-electron chi connectivity index (χ0n) is 29.3. The molecule has 1 fully saturated rings. The molecular formula is C33H50NO13P. The van der Waals surface area contributed by atoms with E-state index in [0.717, 1.165) is 4.90 Å². The smallest absolute Gasteiger partial charge is 0.410 e. The molecule has 1 aliphatic heterocycles. The lowest BCUT2D eigenvalue weighted by molar-refractivity contribution is -0.177. The summed E-state index contributed by atoms with van der Waals surface area (Å²) in [5.74, 6) is -4.36. The summed E-state index contributed by atoms with van der Waals surface area (Å²) in [7, 11) is -5.31. The number of piperidine rings is 1. The summed E-state index contributed by atoms with van der Waals surface area (Å²) in [5, 5.41) is -2.30. The van der Waals surface area contributed by atoms with Gasteiger partial charge in [-0.1, -0.05) is 30.3 Å². The van der Waals surface area contributed by atoms with Crippen LogP contribution in [0.1, 0.15) is 80.7 Å². The molecule has 14 nitrogen and oxygen atoms in total. The van der Waals surface area contributed by atoms with Gasteiger partial charge in [-0.2, -0.15) is 0 Å². The van der Waals surface area contributed by atoms with Crippen molar-refractivity contribution in [2.24, 2.45) is 22.2 Å². The van der Waals surface area contributed by atoms with Crippen molar-refractivity contribution in [3.05, 3.63) is 35.9 Å². The summed E-state index contributed by atoms with van der Waals surface area (Å²) < 4.78 is 40.0. The van der Waals surface area contributed by atoms with Crippen LogP contribution in [0, 0.1) is 22.2 Å². The Morgan fingerprint density at radius 2 is 1.23 bits per heavy atom. The Bertz CT molecular complexity index is 1320. The van der Waals surface area contributed by atoms with Crippen molar-refractivity contribution in [3.8, 4) is 0 Å². The van der Waals surface area contributed by atoms with Crippen molar-refractivity contribution in [1.29, 1.82) is 0 Å². The maximum atomic E-state index is 13.5. The topological polar surface area (TPSA) is 192 Å². The van der Waals surface area contributed by atoms with Crippen molar-refractivity contribution in [2.75, 3.05) is 26.6 Å². The van der Waals surface area contributed by atoms with Crippen molar-refractivity contribution in [3.63, 3.8) is 0 Å². The van der Waals surface area contributed by atoms with Crippen LogP contribution in [0.2, 0.25) is 0 Å². The molecule has 1 heterocycles. The predicted molar refractivity (Wildman–Crippen MR) is 172 cm³/mol. The lowest BCUT2D eigenvalue weighted by Gasteiger charge is -2.46. The molecule has 1 saturated heterocycles. The molecule has 2 atom stereocenters. The van der Waals surface area contributed by atoms with Crippen LogP contribution < -0.4 is 0 Å². The van der Waals surface area contributed by atoms with Gasteiger partial charge in [0.15, 0.2) is 0 Å². The highest BCUT2D eigenvalue weighted by Gasteiger charge is 2.58. The van der Waals surface area contributed by atoms with Crippen LogP contribution in [-0.2, 0) is 54.0 Å². The molecule has 1 aromatic rings. The first-order valence-corrected chi connectivity index (χ1v) is 17.2. The van der Waals surface area contributed by atoms with Gasteiger partial charge in [0.25, 0.3) is 0 Å². The van der Waals surface area contributed by atoms with Gasteiger partial charge in [0.05, 0.1) is 16.2 Å². The van der Waals surface area contributed by atoms with Gasteiger partial charge in [-0.25, -0.2) is 9.59 Å². The van der Waals surface area contributed by atoms with E-state index in [0.29, 0.717) is 5.56 Å². The van der Waals surface area contributed by atoms with E-state index in [1.807, 2.05) is 0 Å². The van der Waals surface area contributed by atoms with E-state index in [1.54, 1.807) is 92.6 Å². The lowest BCUT2D eigenvalue weighted by Crippen LogP contribution is -2.57. The van der Waals surface area contributed by atoms with Crippen molar-refractivity contribution >= 4 is 37.6 Å². The van der Waals surface area contributed by atoms with Crippen LogP contribution in [0.25, 0.3) is 0 Å². The summed E-state index contributed by atoms with van der Waals surface area (Å²) in [4.78, 5) is 87.4. The van der Waals surface area contributed by atoms with E-state index in [-0.39, 0.29) is 19.6 Å². The van der Waals surface area contributed by atoms with Crippen LogP contribution >= 0.6 is 7.60 Å². The summed E-state index contributed by atoms with van der Waals surface area (Å²) in [6.07, 6.45) is -1.40. The minimum absolute atomic E-state index is 0.103. The molecule has 0 bridgehead atoms. The normalized spacial score (nSPS) is 17.6. The van der Waals surface area contributed by atoms with Crippen molar-refractivity contribution in [1.82, 2.24) is 4.90 Å². The third-order valence-electron chi connectivity index (χ3n) is 7.79. The van der Waals surface area contributed by atoms with Crippen LogP contribution in [0.5, 0.6) is 0 Å². The molecule has 1 aromatic carbocycles. The quantitative estimate of drug-likeness (QED) is 0.141. The molecule has 1 aliphatic rings. The Balaban J connectivity index is 2.49. The molecule has 48 heavy (non-hydrogen) atoms. The number of benzene rings is 1. The molecule has 0 spiro atoms. The standard InChI is InChI=1S/C33H50NO13P/c1-30(2,3)26(36)44-19-33(48(40,41)42,20-45-27(37)31(4,5)6)23-15-16-34(29(39)43-18-22-13-11-10-12-14-22)24(17-23)25(35)46-21-47-28(38)32(7,8)9/h10-14,23-24H,15-21H2,1-9H3,(H2,40,41,42). The molecule has 2 rings (SSSR count). The maximum Gasteiger partial charge on any atom is 0.410 e. The van der Waals surface area contributed by atoms with Gasteiger partial charge in [-0.05, 0) is 86.6 Å². The first kappa shape index (κ1) is 40.7. The van der Waals surface area contributed by atoms with E-state index in [4.69, 9.17) is 23.7 Å². The Hall–Kier alpha value is -3.48. The van der Waals surface area contributed by atoms with Gasteiger partial charge in [0.2, 0.25) is 6.79 Å². The first-order valence-electron chi connectivity index (χ1n) is 15.6. The highest BCUT2D eigenvalue weighted by molar-refractivity contribution is 7.53. The van der Waals surface area contributed by atoms with E-state index in [1.165, 1.54) is 0 Å².